The Hall–Kier alpha value is -5.77. The lowest BCUT2D eigenvalue weighted by Crippen LogP contribution is -2.67. The van der Waals surface area contributed by atoms with Crippen LogP contribution in [0.2, 0.25) is 0 Å². The number of likely N-dealkylation sites (tertiary alicyclic amines) is 1. The number of piperidine rings is 1. The number of fused-ring (bicyclic) bond motifs is 2. The van der Waals surface area contributed by atoms with E-state index in [0.717, 1.165) is 96.2 Å². The minimum Gasteiger partial charge on any atom is -0.453 e. The van der Waals surface area contributed by atoms with E-state index in [9.17, 15) is 19.6 Å². The molecule has 63 heavy (non-hydrogen) atoms. The second-order valence-electron chi connectivity index (χ2n) is 18.5. The first kappa shape index (κ1) is 40.0. The predicted molar refractivity (Wildman–Crippen MR) is 235 cm³/mol. The third kappa shape index (κ3) is 6.95. The lowest BCUT2D eigenvalue weighted by Gasteiger charge is -2.63. The predicted octanol–water partition coefficient (Wildman–Crippen LogP) is 6.83. The van der Waals surface area contributed by atoms with Crippen molar-refractivity contribution >= 4 is 63.1 Å². The summed E-state index contributed by atoms with van der Waals surface area (Å²) in [6.45, 7) is 5.72. The Balaban J connectivity index is 0.692. The third-order valence-electron chi connectivity index (χ3n) is 14.6. The van der Waals surface area contributed by atoms with Crippen LogP contribution in [0, 0.1) is 33.8 Å². The number of amides is 3. The molecule has 2 spiro atoms. The number of nitrogens with one attached hydrogen (secondary N) is 2. The number of aryl methyl sites for hydroxylation is 1. The molecule has 5 aromatic rings. The van der Waals surface area contributed by atoms with Gasteiger partial charge in [-0.3, -0.25) is 29.1 Å². The van der Waals surface area contributed by atoms with Gasteiger partial charge in [-0.05, 0) is 112 Å². The van der Waals surface area contributed by atoms with E-state index in [2.05, 4.69) is 40.3 Å². The zero-order valence-corrected chi connectivity index (χ0v) is 35.7. The number of halogens is 2. The standard InChI is InChI=1S/C45H47F2N11O4S/c1-53-37-18-38(34(47)17-31(37)41(51-53)57-13-8-39(59)50-43(57)61)55-24-45(25-55)19-27(20-45)54-14-9-44(10-15-54)21-28(22-44)58-26-49-35-6-4-29(16-30(35)42(58)60)62-40-32(23-48)36(7-5-33(40)46)52-63-56-11-2-3-12-56/h4-7,16-18,26-28,52H,2-3,8-15,19-22,24-25H2,1H3,(H,50,59,61). The van der Waals surface area contributed by atoms with Gasteiger partial charge in [0.1, 0.15) is 23.2 Å². The fourth-order valence-electron chi connectivity index (χ4n) is 11.1. The number of benzene rings is 3. The fourth-order valence-corrected chi connectivity index (χ4v) is 11.9. The minimum absolute atomic E-state index is 0.0458. The summed E-state index contributed by atoms with van der Waals surface area (Å²) in [6.07, 6.45) is 10.2. The number of hydrogen-bond donors (Lipinski definition) is 2. The van der Waals surface area contributed by atoms with Crippen molar-refractivity contribution < 1.29 is 23.1 Å². The molecule has 3 aromatic carbocycles. The highest BCUT2D eigenvalue weighted by atomic mass is 32.2. The van der Waals surface area contributed by atoms with Crippen molar-refractivity contribution in [1.82, 2.24) is 33.9 Å². The average molecular weight is 876 g/mol. The number of nitriles is 1. The lowest BCUT2D eigenvalue weighted by molar-refractivity contribution is -0.120. The van der Waals surface area contributed by atoms with Crippen molar-refractivity contribution in [3.8, 4) is 17.6 Å². The maximum atomic E-state index is 15.7. The fraction of sp³-hybridized carbons (Fsp3) is 0.467. The first-order valence-corrected chi connectivity index (χ1v) is 22.6. The smallest absolute Gasteiger partial charge is 0.329 e. The quantitative estimate of drug-likeness (QED) is 0.149. The number of nitrogens with zero attached hydrogens (tertiary/aromatic N) is 9. The highest BCUT2D eigenvalue weighted by Gasteiger charge is 2.56. The van der Waals surface area contributed by atoms with Crippen LogP contribution in [0.3, 0.4) is 0 Å². The van der Waals surface area contributed by atoms with E-state index in [0.29, 0.717) is 39.5 Å². The average Bonchev–Trinajstić information content (AvgIpc) is 3.87. The Kier molecular flexibility index (Phi) is 9.66. The van der Waals surface area contributed by atoms with Crippen LogP contribution in [0.5, 0.6) is 11.5 Å². The van der Waals surface area contributed by atoms with Crippen molar-refractivity contribution in [2.24, 2.45) is 17.9 Å². The molecule has 6 fully saturated rings. The second-order valence-corrected chi connectivity index (χ2v) is 19.4. The molecule has 0 atom stereocenters. The molecule has 4 aliphatic heterocycles. The molecule has 3 amide bonds. The van der Waals surface area contributed by atoms with Crippen LogP contribution in [0.1, 0.15) is 69.4 Å². The maximum absolute atomic E-state index is 15.7. The molecular formula is C45H47F2N11O4S. The zero-order valence-electron chi connectivity index (χ0n) is 34.9. The van der Waals surface area contributed by atoms with Gasteiger partial charge in [-0.1, -0.05) is 0 Å². The molecule has 2 saturated carbocycles. The Morgan fingerprint density at radius 2 is 1.67 bits per heavy atom. The zero-order chi connectivity index (χ0) is 43.2. The molecule has 2 N–H and O–H groups in total. The van der Waals surface area contributed by atoms with Gasteiger partial charge in [-0.2, -0.15) is 10.4 Å². The van der Waals surface area contributed by atoms with Crippen LogP contribution in [0.15, 0.2) is 53.6 Å². The number of aromatic nitrogens is 4. The number of carbonyl (C=O) groups is 2. The lowest BCUT2D eigenvalue weighted by atomic mass is 9.57. The molecule has 6 aliphatic rings. The van der Waals surface area contributed by atoms with E-state index < -0.39 is 11.8 Å². The molecule has 0 bridgehead atoms. The Morgan fingerprint density at radius 1 is 0.905 bits per heavy atom. The monoisotopic (exact) mass is 875 g/mol. The van der Waals surface area contributed by atoms with Gasteiger partial charge in [0.15, 0.2) is 17.4 Å². The van der Waals surface area contributed by atoms with Gasteiger partial charge in [0.2, 0.25) is 5.91 Å². The number of rotatable bonds is 9. The number of carbonyl (C=O) groups excluding carboxylic acids is 2. The van der Waals surface area contributed by atoms with Crippen LogP contribution in [0.25, 0.3) is 21.8 Å². The molecule has 15 nitrogen and oxygen atoms in total. The molecule has 0 radical (unpaired) electrons. The van der Waals surface area contributed by atoms with E-state index in [4.69, 9.17) is 4.74 Å². The van der Waals surface area contributed by atoms with Crippen LogP contribution in [-0.4, -0.2) is 92.3 Å². The summed E-state index contributed by atoms with van der Waals surface area (Å²) in [5.74, 6) is -0.934. The largest absolute Gasteiger partial charge is 0.453 e. The van der Waals surface area contributed by atoms with Crippen molar-refractivity contribution in [2.75, 3.05) is 60.3 Å². The van der Waals surface area contributed by atoms with Crippen LogP contribution < -0.4 is 30.1 Å². The summed E-state index contributed by atoms with van der Waals surface area (Å²) in [4.78, 5) is 48.8. The molecule has 18 heteroatoms. The normalized spacial score (nSPS) is 21.4. The van der Waals surface area contributed by atoms with Crippen LogP contribution >= 0.6 is 12.1 Å². The summed E-state index contributed by atoms with van der Waals surface area (Å²) in [7, 11) is 1.78. The molecule has 326 valence electrons. The molecule has 2 aromatic heterocycles. The molecule has 11 rings (SSSR count). The third-order valence-corrected chi connectivity index (χ3v) is 15.5. The van der Waals surface area contributed by atoms with Gasteiger partial charge < -0.3 is 19.3 Å². The SMILES string of the molecule is Cn1nc(N2CCC(=O)NC2=O)c2cc(F)c(N3CC4(CC(N5CCC6(CC5)CC(n5cnc7ccc(Oc8c(F)ccc(NSN9CCCC9)c8C#N)cc7c5=O)C6)C4)C3)cc21. The maximum Gasteiger partial charge on any atom is 0.329 e. The van der Waals surface area contributed by atoms with Crippen LogP contribution in [0.4, 0.5) is 30.8 Å². The summed E-state index contributed by atoms with van der Waals surface area (Å²) >= 11 is 1.40. The highest BCUT2D eigenvalue weighted by Crippen LogP contribution is 2.57. The highest BCUT2D eigenvalue weighted by molar-refractivity contribution is 7.98. The molecule has 0 unspecified atom stereocenters. The van der Waals surface area contributed by atoms with Crippen LogP contribution in [-0.2, 0) is 11.8 Å². The first-order chi connectivity index (χ1) is 30.5. The number of imide groups is 1. The van der Waals surface area contributed by atoms with Gasteiger partial charge in [0, 0.05) is 81.2 Å². The second kappa shape index (κ2) is 15.2. The topological polar surface area (TPSA) is 157 Å². The summed E-state index contributed by atoms with van der Waals surface area (Å²) in [6, 6.07) is 13.1. The van der Waals surface area contributed by atoms with E-state index in [1.165, 1.54) is 35.2 Å². The Bertz CT molecular complexity index is 2790. The Labute approximate surface area is 366 Å². The summed E-state index contributed by atoms with van der Waals surface area (Å²) in [5.41, 5.74) is 2.54. The van der Waals surface area contributed by atoms with E-state index in [1.54, 1.807) is 40.8 Å². The van der Waals surface area contributed by atoms with Gasteiger partial charge in [0.25, 0.3) is 5.56 Å². The summed E-state index contributed by atoms with van der Waals surface area (Å²) in [5, 5.41) is 17.8. The molecule has 2 aliphatic carbocycles. The minimum atomic E-state index is -0.666. The number of hydrogen-bond acceptors (Lipinski definition) is 12. The van der Waals surface area contributed by atoms with Gasteiger partial charge in [-0.25, -0.2) is 22.9 Å². The number of ether oxygens (including phenoxy) is 1. The van der Waals surface area contributed by atoms with Gasteiger partial charge in [-0.15, -0.1) is 0 Å². The van der Waals surface area contributed by atoms with Gasteiger partial charge >= 0.3 is 6.03 Å². The van der Waals surface area contributed by atoms with Crippen molar-refractivity contribution in [3.05, 3.63) is 76.3 Å². The number of urea groups is 1. The number of anilines is 3. The van der Waals surface area contributed by atoms with E-state index >= 15 is 8.78 Å². The molecule has 4 saturated heterocycles. The van der Waals surface area contributed by atoms with E-state index in [1.807, 2.05) is 6.07 Å². The Morgan fingerprint density at radius 3 is 2.41 bits per heavy atom. The molecular weight excluding hydrogens is 829 g/mol. The first-order valence-electron chi connectivity index (χ1n) is 21.8. The van der Waals surface area contributed by atoms with Crippen molar-refractivity contribution in [3.63, 3.8) is 0 Å². The van der Waals surface area contributed by atoms with Crippen molar-refractivity contribution in [2.45, 2.75) is 69.9 Å². The van der Waals surface area contributed by atoms with Crippen molar-refractivity contribution in [1.29, 1.82) is 5.26 Å². The van der Waals surface area contributed by atoms with Gasteiger partial charge in [0.05, 0.1) is 34.1 Å². The molecule has 6 heterocycles. The van der Waals surface area contributed by atoms with E-state index in [-0.39, 0.29) is 64.2 Å². The summed E-state index contributed by atoms with van der Waals surface area (Å²) < 4.78 is 45.5.